The van der Waals surface area contributed by atoms with Crippen molar-refractivity contribution in [2.75, 3.05) is 14.1 Å². The first-order chi connectivity index (χ1) is 6.24. The third-order valence-electron chi connectivity index (χ3n) is 3.62. The summed E-state index contributed by atoms with van der Waals surface area (Å²) >= 11 is 0. The monoisotopic (exact) mass is 213 g/mol. The third-order valence-corrected chi connectivity index (χ3v) is 4.42. The Morgan fingerprint density at radius 1 is 1.43 bits per heavy atom. The number of rotatable bonds is 5. The summed E-state index contributed by atoms with van der Waals surface area (Å²) in [7, 11) is 5.53. The van der Waals surface area contributed by atoms with Crippen molar-refractivity contribution in [3.05, 3.63) is 12.7 Å². The molecule has 0 aliphatic carbocycles. The maximum Gasteiger partial charge on any atom is 0.0426 e. The van der Waals surface area contributed by atoms with E-state index in [1.807, 2.05) is 0 Å². The van der Waals surface area contributed by atoms with Gasteiger partial charge in [-0.25, -0.2) is 0 Å². The minimum atomic E-state index is 0.147. The first kappa shape index (κ1) is 13.9. The van der Waals surface area contributed by atoms with Gasteiger partial charge in [-0.05, 0) is 25.1 Å². The fraction of sp³-hybridized carbons (Fsp3) is 0.833. The molecule has 0 aliphatic rings. The van der Waals surface area contributed by atoms with Crippen molar-refractivity contribution in [1.29, 1.82) is 0 Å². The second-order valence-electron chi connectivity index (χ2n) is 5.48. The predicted molar refractivity (Wildman–Crippen MR) is 70.1 cm³/mol. The average Bonchev–Trinajstić information content (AvgIpc) is 2.02. The van der Waals surface area contributed by atoms with E-state index >= 15 is 0 Å². The zero-order valence-electron chi connectivity index (χ0n) is 11.0. The Balaban J connectivity index is 5.31. The Hall–Kier alpha value is -0.0831. The maximum absolute atomic E-state index is 4.07. The molecule has 0 amide bonds. The van der Waals surface area contributed by atoms with Crippen molar-refractivity contribution < 1.29 is 0 Å². The number of hydrogen-bond acceptors (Lipinski definition) is 1. The van der Waals surface area contributed by atoms with Crippen molar-refractivity contribution in [1.82, 2.24) is 4.90 Å². The Bertz CT molecular complexity index is 193. The molecule has 0 N–H and O–H groups in total. The molecule has 0 rings (SSSR count). The molecule has 84 valence electrons. The summed E-state index contributed by atoms with van der Waals surface area (Å²) < 4.78 is 0. The van der Waals surface area contributed by atoms with Gasteiger partial charge in [-0.2, -0.15) is 0 Å². The molecule has 0 aromatic carbocycles. The van der Waals surface area contributed by atoms with Crippen LogP contribution in [0, 0.1) is 5.92 Å². The standard InChI is InChI=1S/C12H27NSi/c1-8-10(3)12(9-2,13(6)7)11(4,5)14/h9-10H,2,8H2,1,3-7,14H3. The molecular formula is C12H27NSi. The minimum absolute atomic E-state index is 0.147. The molecule has 0 aliphatic heterocycles. The van der Waals surface area contributed by atoms with Gasteiger partial charge in [-0.15, -0.1) is 6.58 Å². The fourth-order valence-corrected chi connectivity index (χ4v) is 4.00. The van der Waals surface area contributed by atoms with Gasteiger partial charge in [0.15, 0.2) is 0 Å². The normalized spacial score (nSPS) is 19.4. The molecule has 0 aromatic rings. The lowest BCUT2D eigenvalue weighted by atomic mass is 9.73. The van der Waals surface area contributed by atoms with Crippen LogP contribution >= 0.6 is 0 Å². The topological polar surface area (TPSA) is 3.24 Å². The smallest absolute Gasteiger partial charge is 0.0426 e. The molecule has 0 saturated carbocycles. The molecule has 1 nitrogen and oxygen atoms in total. The largest absolute Gasteiger partial charge is 0.300 e. The first-order valence-corrected chi connectivity index (χ1v) is 6.55. The van der Waals surface area contributed by atoms with E-state index in [1.165, 1.54) is 16.7 Å². The van der Waals surface area contributed by atoms with Crippen molar-refractivity contribution in [3.63, 3.8) is 0 Å². The zero-order chi connectivity index (χ0) is 11.6. The highest BCUT2D eigenvalue weighted by Crippen LogP contribution is 2.45. The lowest BCUT2D eigenvalue weighted by molar-refractivity contribution is 0.0935. The molecule has 0 radical (unpaired) electrons. The highest BCUT2D eigenvalue weighted by molar-refractivity contribution is 6.16. The minimum Gasteiger partial charge on any atom is -0.300 e. The van der Waals surface area contributed by atoms with Crippen molar-refractivity contribution >= 4 is 10.2 Å². The van der Waals surface area contributed by atoms with E-state index in [9.17, 15) is 0 Å². The van der Waals surface area contributed by atoms with E-state index < -0.39 is 0 Å². The van der Waals surface area contributed by atoms with Gasteiger partial charge in [-0.1, -0.05) is 40.2 Å². The van der Waals surface area contributed by atoms with Crippen LogP contribution in [0.1, 0.15) is 34.1 Å². The molecule has 0 spiro atoms. The van der Waals surface area contributed by atoms with E-state index in [0.717, 1.165) is 0 Å². The molecule has 0 heterocycles. The quantitative estimate of drug-likeness (QED) is 0.499. The predicted octanol–water partition coefficient (Wildman–Crippen LogP) is 2.08. The Morgan fingerprint density at radius 3 is 1.93 bits per heavy atom. The van der Waals surface area contributed by atoms with Crippen LogP contribution in [-0.2, 0) is 0 Å². The lowest BCUT2D eigenvalue weighted by Crippen LogP contribution is -2.54. The molecule has 0 bridgehead atoms. The van der Waals surface area contributed by atoms with E-state index in [4.69, 9.17) is 0 Å². The molecule has 0 saturated heterocycles. The second kappa shape index (κ2) is 4.62. The zero-order valence-corrected chi connectivity index (χ0v) is 13.0. The molecule has 0 fully saturated rings. The average molecular weight is 213 g/mol. The summed E-state index contributed by atoms with van der Waals surface area (Å²) in [5.74, 6) is 0.655. The van der Waals surface area contributed by atoms with Crippen LogP contribution in [0.25, 0.3) is 0 Å². The van der Waals surface area contributed by atoms with E-state index in [1.54, 1.807) is 0 Å². The van der Waals surface area contributed by atoms with Crippen LogP contribution in [0.2, 0.25) is 5.04 Å². The molecule has 0 aromatic heterocycles. The maximum atomic E-state index is 4.07. The third kappa shape index (κ3) is 2.11. The van der Waals surface area contributed by atoms with Gasteiger partial charge >= 0.3 is 0 Å². The molecule has 2 atom stereocenters. The Labute approximate surface area is 93.0 Å². The number of hydrogen-bond donors (Lipinski definition) is 0. The van der Waals surface area contributed by atoms with Crippen LogP contribution in [-0.4, -0.2) is 34.8 Å². The van der Waals surface area contributed by atoms with Crippen LogP contribution in [0.5, 0.6) is 0 Å². The Morgan fingerprint density at radius 2 is 1.86 bits per heavy atom. The first-order valence-electron chi connectivity index (χ1n) is 5.55. The summed E-state index contributed by atoms with van der Waals surface area (Å²) in [6.45, 7) is 13.4. The number of likely N-dealkylation sites (N-methyl/N-ethyl adjacent to an activating group) is 1. The van der Waals surface area contributed by atoms with Gasteiger partial charge in [0, 0.05) is 15.8 Å². The summed E-state index contributed by atoms with van der Waals surface area (Å²) in [4.78, 5) is 2.35. The second-order valence-corrected chi connectivity index (χ2v) is 7.98. The highest BCUT2D eigenvalue weighted by Gasteiger charge is 2.44. The van der Waals surface area contributed by atoms with E-state index in [2.05, 4.69) is 59.3 Å². The molecule has 2 unspecified atom stereocenters. The summed E-state index contributed by atoms with van der Waals surface area (Å²) in [6.07, 6.45) is 3.37. The lowest BCUT2D eigenvalue weighted by Gasteiger charge is -2.51. The van der Waals surface area contributed by atoms with Crippen molar-refractivity contribution in [3.8, 4) is 0 Å². The van der Waals surface area contributed by atoms with Gasteiger partial charge in [0.1, 0.15) is 0 Å². The molecular weight excluding hydrogens is 186 g/mol. The summed E-state index contributed by atoms with van der Waals surface area (Å²) in [5.41, 5.74) is 0.147. The fourth-order valence-electron chi connectivity index (χ4n) is 2.85. The van der Waals surface area contributed by atoms with Crippen LogP contribution < -0.4 is 0 Å². The molecule has 14 heavy (non-hydrogen) atoms. The highest BCUT2D eigenvalue weighted by atomic mass is 28.1. The summed E-state index contributed by atoms with van der Waals surface area (Å²) in [5, 5.41) is 0.355. The Kier molecular flexibility index (Phi) is 4.60. The van der Waals surface area contributed by atoms with Gasteiger partial charge in [-0.3, -0.25) is 4.90 Å². The van der Waals surface area contributed by atoms with Crippen LogP contribution in [0.3, 0.4) is 0 Å². The SMILES string of the molecule is C=CC(C(C)CC)(N(C)C)C(C)(C)[SiH3]. The van der Waals surface area contributed by atoms with Gasteiger partial charge in [0.25, 0.3) is 0 Å². The van der Waals surface area contributed by atoms with Gasteiger partial charge < -0.3 is 0 Å². The van der Waals surface area contributed by atoms with Crippen molar-refractivity contribution in [2.24, 2.45) is 5.92 Å². The van der Waals surface area contributed by atoms with E-state index in [0.29, 0.717) is 11.0 Å². The van der Waals surface area contributed by atoms with Crippen molar-refractivity contribution in [2.45, 2.75) is 44.7 Å². The summed E-state index contributed by atoms with van der Waals surface area (Å²) in [6, 6.07) is 0. The van der Waals surface area contributed by atoms with E-state index in [-0.39, 0.29) is 5.54 Å². The van der Waals surface area contributed by atoms with Crippen LogP contribution in [0.15, 0.2) is 12.7 Å². The number of nitrogens with zero attached hydrogens (tertiary/aromatic N) is 1. The molecule has 2 heteroatoms. The van der Waals surface area contributed by atoms with Gasteiger partial charge in [0.05, 0.1) is 0 Å². The van der Waals surface area contributed by atoms with Crippen LogP contribution in [0.4, 0.5) is 0 Å². The van der Waals surface area contributed by atoms with Gasteiger partial charge in [0.2, 0.25) is 0 Å².